The van der Waals surface area contributed by atoms with Crippen molar-refractivity contribution in [3.8, 4) is 0 Å². The van der Waals surface area contributed by atoms with E-state index in [4.69, 9.17) is 11.6 Å². The van der Waals surface area contributed by atoms with E-state index in [0.29, 0.717) is 0 Å². The Kier molecular flexibility index (Phi) is 4.64. The van der Waals surface area contributed by atoms with Gasteiger partial charge < -0.3 is 10.2 Å². The van der Waals surface area contributed by atoms with E-state index in [0.717, 1.165) is 35.9 Å². The summed E-state index contributed by atoms with van der Waals surface area (Å²) in [5, 5.41) is 2.55. The van der Waals surface area contributed by atoms with E-state index in [1.54, 1.807) is 0 Å². The van der Waals surface area contributed by atoms with Gasteiger partial charge in [0.05, 0.1) is 22.8 Å². The molecule has 2 aromatic carbocycles. The predicted octanol–water partition coefficient (Wildman–Crippen LogP) is 4.75. The minimum Gasteiger partial charge on any atom is -0.359 e. The molecule has 1 aliphatic heterocycles. The second-order valence-corrected chi connectivity index (χ2v) is 6.46. The first-order valence-corrected chi connectivity index (χ1v) is 8.14. The Labute approximate surface area is 148 Å². The fraction of sp³-hybridized carbons (Fsp3) is 0.278. The van der Waals surface area contributed by atoms with Gasteiger partial charge in [-0.2, -0.15) is 13.2 Å². The largest absolute Gasteiger partial charge is 0.416 e. The van der Waals surface area contributed by atoms with Crippen LogP contribution in [0.5, 0.6) is 0 Å². The lowest BCUT2D eigenvalue weighted by atomic mass is 10.1. The number of carbonyl (C=O) groups excluding carboxylic acids is 1. The van der Waals surface area contributed by atoms with Crippen molar-refractivity contribution in [2.24, 2.45) is 0 Å². The summed E-state index contributed by atoms with van der Waals surface area (Å²) >= 11 is 5.92. The van der Waals surface area contributed by atoms with Crippen molar-refractivity contribution in [2.75, 3.05) is 16.8 Å². The molecule has 1 aliphatic rings. The fourth-order valence-corrected chi connectivity index (χ4v) is 3.18. The number of anilines is 2. The van der Waals surface area contributed by atoms with E-state index in [1.807, 2.05) is 36.1 Å². The molecule has 0 radical (unpaired) electrons. The Morgan fingerprint density at radius 2 is 2.00 bits per heavy atom. The average molecular weight is 369 g/mol. The molecule has 25 heavy (non-hydrogen) atoms. The summed E-state index contributed by atoms with van der Waals surface area (Å²) in [5.41, 5.74) is 1.23. The van der Waals surface area contributed by atoms with Crippen LogP contribution in [0, 0.1) is 0 Å². The number of nitrogens with one attached hydrogen (secondary N) is 1. The van der Waals surface area contributed by atoms with Crippen LogP contribution in [0.1, 0.15) is 18.1 Å². The smallest absolute Gasteiger partial charge is 0.359 e. The number of nitrogens with zero attached hydrogens (tertiary/aromatic N) is 1. The third-order valence-electron chi connectivity index (χ3n) is 4.23. The predicted molar refractivity (Wildman–Crippen MR) is 92.0 cm³/mol. The van der Waals surface area contributed by atoms with Gasteiger partial charge in [0.25, 0.3) is 0 Å². The molecule has 0 saturated carbocycles. The summed E-state index contributed by atoms with van der Waals surface area (Å²) in [6, 6.07) is 10.8. The van der Waals surface area contributed by atoms with E-state index >= 15 is 0 Å². The van der Waals surface area contributed by atoms with Crippen LogP contribution in [0.2, 0.25) is 5.02 Å². The number of hydrogen-bond acceptors (Lipinski definition) is 2. The molecule has 1 heterocycles. The summed E-state index contributed by atoms with van der Waals surface area (Å²) in [6.07, 6.45) is -3.67. The summed E-state index contributed by atoms with van der Waals surface area (Å²) in [7, 11) is 0. The first kappa shape index (κ1) is 17.6. The lowest BCUT2D eigenvalue weighted by molar-refractivity contribution is -0.137. The third kappa shape index (κ3) is 3.74. The van der Waals surface area contributed by atoms with Crippen molar-refractivity contribution >= 4 is 28.9 Å². The van der Waals surface area contributed by atoms with Gasteiger partial charge in [-0.25, -0.2) is 0 Å². The highest BCUT2D eigenvalue weighted by molar-refractivity contribution is 6.33. The van der Waals surface area contributed by atoms with E-state index in [9.17, 15) is 18.0 Å². The van der Waals surface area contributed by atoms with Gasteiger partial charge in [-0.05, 0) is 43.2 Å². The molecular weight excluding hydrogens is 353 g/mol. The molecule has 3 nitrogen and oxygen atoms in total. The lowest BCUT2D eigenvalue weighted by Crippen LogP contribution is -2.37. The number of halogens is 4. The minimum atomic E-state index is -4.49. The van der Waals surface area contributed by atoms with E-state index in [1.165, 1.54) is 0 Å². The Hall–Kier alpha value is -2.21. The van der Waals surface area contributed by atoms with Crippen LogP contribution in [0.15, 0.2) is 42.5 Å². The number of fused-ring (bicyclic) bond motifs is 1. The van der Waals surface area contributed by atoms with Crippen LogP contribution >= 0.6 is 11.6 Å². The second-order valence-electron chi connectivity index (χ2n) is 6.05. The van der Waals surface area contributed by atoms with Crippen LogP contribution in [-0.4, -0.2) is 18.5 Å². The maximum absolute atomic E-state index is 12.8. The van der Waals surface area contributed by atoms with Crippen molar-refractivity contribution in [1.82, 2.24) is 0 Å². The maximum Gasteiger partial charge on any atom is 0.416 e. The molecule has 0 fully saturated rings. The molecule has 2 aromatic rings. The van der Waals surface area contributed by atoms with Gasteiger partial charge >= 0.3 is 6.18 Å². The van der Waals surface area contributed by atoms with Crippen molar-refractivity contribution in [1.29, 1.82) is 0 Å². The van der Waals surface area contributed by atoms with Crippen molar-refractivity contribution < 1.29 is 18.0 Å². The average Bonchev–Trinajstić information content (AvgIpc) is 2.84. The maximum atomic E-state index is 12.8. The monoisotopic (exact) mass is 368 g/mol. The van der Waals surface area contributed by atoms with Gasteiger partial charge in [0.1, 0.15) is 0 Å². The summed E-state index contributed by atoms with van der Waals surface area (Å²) in [5.74, 6) is -0.412. The zero-order chi connectivity index (χ0) is 18.2. The fourth-order valence-electron chi connectivity index (χ4n) is 3.01. The van der Waals surface area contributed by atoms with Gasteiger partial charge in [0.15, 0.2) is 0 Å². The first-order valence-electron chi connectivity index (χ1n) is 7.77. The molecule has 0 aromatic heterocycles. The van der Waals surface area contributed by atoms with E-state index in [-0.39, 0.29) is 23.3 Å². The zero-order valence-electron chi connectivity index (χ0n) is 13.4. The summed E-state index contributed by atoms with van der Waals surface area (Å²) in [6.45, 7) is 2.05. The van der Waals surface area contributed by atoms with Gasteiger partial charge in [-0.15, -0.1) is 0 Å². The van der Waals surface area contributed by atoms with Crippen molar-refractivity contribution in [3.05, 3.63) is 58.6 Å². The normalized spacial score (nSPS) is 16.7. The third-order valence-corrected chi connectivity index (χ3v) is 4.56. The highest BCUT2D eigenvalue weighted by Gasteiger charge is 2.31. The molecule has 132 valence electrons. The molecule has 0 bridgehead atoms. The summed E-state index contributed by atoms with van der Waals surface area (Å²) in [4.78, 5) is 14.3. The van der Waals surface area contributed by atoms with E-state index < -0.39 is 17.6 Å². The lowest BCUT2D eigenvalue weighted by Gasteiger charge is -2.24. The molecule has 0 spiro atoms. The quantitative estimate of drug-likeness (QED) is 0.848. The topological polar surface area (TPSA) is 32.3 Å². The number of amides is 1. The second kappa shape index (κ2) is 6.59. The highest BCUT2D eigenvalue weighted by atomic mass is 35.5. The van der Waals surface area contributed by atoms with Crippen LogP contribution in [0.4, 0.5) is 24.5 Å². The highest BCUT2D eigenvalue weighted by Crippen LogP contribution is 2.34. The van der Waals surface area contributed by atoms with Gasteiger partial charge in [-0.3, -0.25) is 4.79 Å². The molecule has 0 aliphatic carbocycles. The van der Waals surface area contributed by atoms with Crippen LogP contribution in [0.25, 0.3) is 0 Å². The molecule has 0 saturated heterocycles. The van der Waals surface area contributed by atoms with E-state index in [2.05, 4.69) is 5.32 Å². The Morgan fingerprint density at radius 3 is 2.72 bits per heavy atom. The molecule has 1 atom stereocenters. The first-order chi connectivity index (χ1) is 11.8. The number of benzene rings is 2. The van der Waals surface area contributed by atoms with Crippen LogP contribution in [0.3, 0.4) is 0 Å². The van der Waals surface area contributed by atoms with Crippen molar-refractivity contribution in [2.45, 2.75) is 25.6 Å². The summed E-state index contributed by atoms with van der Waals surface area (Å²) < 4.78 is 38.5. The number of hydrogen-bond donors (Lipinski definition) is 1. The molecular formula is C18H16ClF3N2O. The van der Waals surface area contributed by atoms with Gasteiger partial charge in [-0.1, -0.05) is 29.8 Å². The van der Waals surface area contributed by atoms with Crippen LogP contribution < -0.4 is 10.2 Å². The van der Waals surface area contributed by atoms with Gasteiger partial charge in [0.2, 0.25) is 5.91 Å². The molecule has 1 amide bonds. The van der Waals surface area contributed by atoms with Gasteiger partial charge in [0, 0.05) is 11.7 Å². The zero-order valence-corrected chi connectivity index (χ0v) is 14.2. The molecule has 1 unspecified atom stereocenters. The van der Waals surface area contributed by atoms with Crippen LogP contribution in [-0.2, 0) is 17.4 Å². The number of alkyl halides is 3. The van der Waals surface area contributed by atoms with Crippen molar-refractivity contribution in [3.63, 3.8) is 0 Å². The standard InChI is InChI=1S/C18H16ClF3N2O/c1-11-8-12-4-2-3-5-16(12)24(11)10-17(25)23-15-9-13(18(20,21)22)6-7-14(15)19/h2-7,9,11H,8,10H2,1H3,(H,23,25). The number of carbonyl (C=O) groups is 1. The number of para-hydroxylation sites is 1. The minimum absolute atomic E-state index is 0.0402. The number of rotatable bonds is 3. The SMILES string of the molecule is CC1Cc2ccccc2N1CC(=O)Nc1cc(C(F)(F)F)ccc1Cl. The molecule has 7 heteroatoms. The Morgan fingerprint density at radius 1 is 1.28 bits per heavy atom. The molecule has 1 N–H and O–H groups in total. The molecule has 3 rings (SSSR count). The Bertz CT molecular complexity index is 807. The Balaban J connectivity index is 1.76.